The molecule has 0 amide bonds. The van der Waals surface area contributed by atoms with Crippen molar-refractivity contribution in [2.75, 3.05) is 6.61 Å². The normalized spacial score (nSPS) is 13.8. The minimum absolute atomic E-state index is 0.666. The van der Waals surface area contributed by atoms with Crippen molar-refractivity contribution in [2.45, 2.75) is 32.6 Å². The molecule has 4 heteroatoms. The highest BCUT2D eigenvalue weighted by Gasteiger charge is 2.19. The minimum Gasteiger partial charge on any atom is -0.494 e. The van der Waals surface area contributed by atoms with Crippen molar-refractivity contribution in [3.8, 4) is 11.8 Å². The van der Waals surface area contributed by atoms with Crippen LogP contribution in [0, 0.1) is 11.3 Å². The van der Waals surface area contributed by atoms with Crippen molar-refractivity contribution in [3.63, 3.8) is 0 Å². The molecule has 0 aliphatic heterocycles. The molecule has 3 rings (SSSR count). The van der Waals surface area contributed by atoms with E-state index in [1.165, 1.54) is 23.3 Å². The van der Waals surface area contributed by atoms with Crippen molar-refractivity contribution in [2.24, 2.45) is 4.99 Å². The van der Waals surface area contributed by atoms with Gasteiger partial charge >= 0.3 is 0 Å². The van der Waals surface area contributed by atoms with Crippen molar-refractivity contribution < 1.29 is 4.74 Å². The summed E-state index contributed by atoms with van der Waals surface area (Å²) in [7, 11) is 0. The molecule has 3 nitrogen and oxygen atoms in total. The topological polar surface area (TPSA) is 45.4 Å². The van der Waals surface area contributed by atoms with E-state index >= 15 is 0 Å². The van der Waals surface area contributed by atoms with Crippen LogP contribution in [0.15, 0.2) is 29.3 Å². The zero-order valence-electron chi connectivity index (χ0n) is 12.6. The highest BCUT2D eigenvalue weighted by molar-refractivity contribution is 7.16. The molecule has 22 heavy (non-hydrogen) atoms. The van der Waals surface area contributed by atoms with Crippen LogP contribution < -0.4 is 4.74 Å². The largest absolute Gasteiger partial charge is 0.494 e. The van der Waals surface area contributed by atoms with Crippen LogP contribution in [-0.4, -0.2) is 12.8 Å². The lowest BCUT2D eigenvalue weighted by molar-refractivity contribution is 0.340. The lowest BCUT2D eigenvalue weighted by atomic mass is 9.96. The van der Waals surface area contributed by atoms with E-state index in [4.69, 9.17) is 4.74 Å². The Kier molecular flexibility index (Phi) is 4.55. The molecule has 0 radical (unpaired) electrons. The van der Waals surface area contributed by atoms with Crippen LogP contribution >= 0.6 is 11.3 Å². The number of rotatable bonds is 4. The van der Waals surface area contributed by atoms with E-state index in [9.17, 15) is 5.26 Å². The molecular weight excluding hydrogens is 292 g/mol. The molecule has 0 atom stereocenters. The van der Waals surface area contributed by atoms with Crippen LogP contribution in [0.1, 0.15) is 41.3 Å². The number of nitrogens with zero attached hydrogens (tertiary/aromatic N) is 2. The molecule has 0 N–H and O–H groups in total. The van der Waals surface area contributed by atoms with Crippen LogP contribution in [0.5, 0.6) is 5.75 Å². The first-order valence-corrected chi connectivity index (χ1v) is 8.45. The molecule has 0 spiro atoms. The molecule has 112 valence electrons. The Bertz CT molecular complexity index is 723. The van der Waals surface area contributed by atoms with Crippen molar-refractivity contribution in [3.05, 3.63) is 45.8 Å². The third-order valence-electron chi connectivity index (χ3n) is 3.79. The summed E-state index contributed by atoms with van der Waals surface area (Å²) in [5.74, 6) is 0.865. The Morgan fingerprint density at radius 2 is 2.05 bits per heavy atom. The summed E-state index contributed by atoms with van der Waals surface area (Å²) < 4.78 is 5.43. The van der Waals surface area contributed by atoms with Gasteiger partial charge < -0.3 is 4.74 Å². The van der Waals surface area contributed by atoms with Crippen LogP contribution in [-0.2, 0) is 12.8 Å². The summed E-state index contributed by atoms with van der Waals surface area (Å²) in [5.41, 5.74) is 3.03. The molecule has 1 heterocycles. The number of benzene rings is 1. The fraction of sp³-hybridized carbons (Fsp3) is 0.333. The second-order valence-electron chi connectivity index (χ2n) is 5.26. The van der Waals surface area contributed by atoms with E-state index in [0.29, 0.717) is 6.61 Å². The van der Waals surface area contributed by atoms with E-state index in [1.807, 2.05) is 37.4 Å². The van der Waals surface area contributed by atoms with E-state index in [2.05, 4.69) is 11.1 Å². The average Bonchev–Trinajstić information content (AvgIpc) is 2.92. The maximum absolute atomic E-state index is 9.42. The smallest absolute Gasteiger partial charge is 0.134 e. The second kappa shape index (κ2) is 6.76. The first-order valence-electron chi connectivity index (χ1n) is 7.63. The molecule has 0 saturated carbocycles. The Morgan fingerprint density at radius 1 is 1.27 bits per heavy atom. The number of aliphatic imine (C=N–C) groups is 1. The molecule has 1 aliphatic rings. The lowest BCUT2D eigenvalue weighted by Gasteiger charge is -2.09. The molecule has 1 aliphatic carbocycles. The zero-order chi connectivity index (χ0) is 15.4. The predicted octanol–water partition coefficient (Wildman–Crippen LogP) is 4.65. The SMILES string of the molecule is CCOc1ccc(/C=N/c2sc3c(c2C#N)CCCC3)cc1. The quantitative estimate of drug-likeness (QED) is 0.772. The Hall–Kier alpha value is -2.12. The van der Waals surface area contributed by atoms with Gasteiger partial charge in [0, 0.05) is 11.1 Å². The van der Waals surface area contributed by atoms with Crippen molar-refractivity contribution in [1.29, 1.82) is 5.26 Å². The van der Waals surface area contributed by atoms with E-state index < -0.39 is 0 Å². The number of hydrogen-bond acceptors (Lipinski definition) is 4. The predicted molar refractivity (Wildman–Crippen MR) is 90.5 cm³/mol. The van der Waals surface area contributed by atoms with Gasteiger partial charge in [-0.25, -0.2) is 4.99 Å². The maximum atomic E-state index is 9.42. The van der Waals surface area contributed by atoms with Gasteiger partial charge in [0.25, 0.3) is 0 Å². The van der Waals surface area contributed by atoms with Gasteiger partial charge in [0.15, 0.2) is 0 Å². The van der Waals surface area contributed by atoms with Gasteiger partial charge in [-0.3, -0.25) is 0 Å². The van der Waals surface area contributed by atoms with Gasteiger partial charge in [-0.05, 0) is 68.0 Å². The summed E-state index contributed by atoms with van der Waals surface area (Å²) in [4.78, 5) is 5.91. The molecule has 2 aromatic rings. The van der Waals surface area contributed by atoms with Crippen molar-refractivity contribution >= 4 is 22.6 Å². The zero-order valence-corrected chi connectivity index (χ0v) is 13.4. The number of ether oxygens (including phenoxy) is 1. The van der Waals surface area contributed by atoms with Gasteiger partial charge in [-0.1, -0.05) is 0 Å². The first kappa shape index (κ1) is 14.8. The van der Waals surface area contributed by atoms with E-state index in [-0.39, 0.29) is 0 Å². The summed E-state index contributed by atoms with van der Waals surface area (Å²) in [6, 6.07) is 10.2. The summed E-state index contributed by atoms with van der Waals surface area (Å²) in [6.07, 6.45) is 6.34. The molecule has 1 aromatic carbocycles. The van der Waals surface area contributed by atoms with E-state index in [0.717, 1.165) is 34.7 Å². The monoisotopic (exact) mass is 310 g/mol. The van der Waals surface area contributed by atoms with Gasteiger partial charge in [-0.2, -0.15) is 5.26 Å². The molecule has 0 fully saturated rings. The highest BCUT2D eigenvalue weighted by atomic mass is 32.1. The van der Waals surface area contributed by atoms with Gasteiger partial charge in [-0.15, -0.1) is 11.3 Å². The fourth-order valence-corrected chi connectivity index (χ4v) is 3.89. The number of fused-ring (bicyclic) bond motifs is 1. The van der Waals surface area contributed by atoms with Crippen LogP contribution in [0.3, 0.4) is 0 Å². The average molecular weight is 310 g/mol. The highest BCUT2D eigenvalue weighted by Crippen LogP contribution is 2.39. The Balaban J connectivity index is 1.83. The summed E-state index contributed by atoms with van der Waals surface area (Å²) in [6.45, 7) is 2.64. The van der Waals surface area contributed by atoms with Gasteiger partial charge in [0.1, 0.15) is 16.8 Å². The number of nitriles is 1. The van der Waals surface area contributed by atoms with Crippen LogP contribution in [0.4, 0.5) is 5.00 Å². The number of thiophene rings is 1. The first-order chi connectivity index (χ1) is 10.8. The Labute approximate surface area is 134 Å². The van der Waals surface area contributed by atoms with Crippen LogP contribution in [0.2, 0.25) is 0 Å². The lowest BCUT2D eigenvalue weighted by Crippen LogP contribution is -1.99. The number of hydrogen-bond donors (Lipinski definition) is 0. The fourth-order valence-electron chi connectivity index (χ4n) is 2.71. The maximum Gasteiger partial charge on any atom is 0.134 e. The molecular formula is C18H18N2OS. The number of aryl methyl sites for hydroxylation is 1. The molecule has 0 bridgehead atoms. The van der Waals surface area contributed by atoms with Crippen molar-refractivity contribution in [1.82, 2.24) is 0 Å². The standard InChI is InChI=1S/C18H18N2OS/c1-2-21-14-9-7-13(8-10-14)12-20-18-16(11-19)15-5-3-4-6-17(15)22-18/h7-10,12H,2-6H2,1H3/b20-12+. The van der Waals surface area contributed by atoms with Gasteiger partial charge in [0.05, 0.1) is 12.2 Å². The molecule has 0 unspecified atom stereocenters. The third-order valence-corrected chi connectivity index (χ3v) is 4.99. The Morgan fingerprint density at radius 3 is 2.77 bits per heavy atom. The third kappa shape index (κ3) is 3.05. The minimum atomic E-state index is 0.666. The van der Waals surface area contributed by atoms with Crippen LogP contribution in [0.25, 0.3) is 0 Å². The summed E-state index contributed by atoms with van der Waals surface area (Å²) >= 11 is 1.67. The van der Waals surface area contributed by atoms with Gasteiger partial charge in [0.2, 0.25) is 0 Å². The summed E-state index contributed by atoms with van der Waals surface area (Å²) in [5, 5.41) is 10.3. The molecule has 1 aromatic heterocycles. The van der Waals surface area contributed by atoms with E-state index in [1.54, 1.807) is 11.3 Å². The molecule has 0 saturated heterocycles. The second-order valence-corrected chi connectivity index (χ2v) is 6.35.